The summed E-state index contributed by atoms with van der Waals surface area (Å²) in [5.41, 5.74) is 5.28. The van der Waals surface area contributed by atoms with Gasteiger partial charge >= 0.3 is 0 Å². The topological polar surface area (TPSA) is 36.4 Å². The lowest BCUT2D eigenvalue weighted by atomic mass is 10.00. The maximum absolute atomic E-state index is 4.45. The minimum absolute atomic E-state index is 0.909. The van der Waals surface area contributed by atoms with Crippen LogP contribution in [-0.2, 0) is 6.42 Å². The molecule has 0 spiro atoms. The normalized spacial score (nSPS) is 14.9. The highest BCUT2D eigenvalue weighted by Gasteiger charge is 2.08. The number of anilines is 1. The fraction of sp³-hybridized carbons (Fsp3) is 0.533. The molecule has 0 saturated carbocycles. The van der Waals surface area contributed by atoms with E-state index >= 15 is 0 Å². The van der Waals surface area contributed by atoms with Crippen LogP contribution in [0.15, 0.2) is 17.1 Å². The van der Waals surface area contributed by atoms with E-state index in [1.165, 1.54) is 28.8 Å². The monoisotopic (exact) mass is 245 g/mol. The molecule has 1 heterocycles. The van der Waals surface area contributed by atoms with E-state index in [4.69, 9.17) is 0 Å². The molecule has 0 aliphatic carbocycles. The van der Waals surface area contributed by atoms with Gasteiger partial charge in [-0.2, -0.15) is 0 Å². The second-order valence-electron chi connectivity index (χ2n) is 4.98. The number of hydrogen-bond donors (Lipinski definition) is 2. The van der Waals surface area contributed by atoms with Gasteiger partial charge in [0.15, 0.2) is 5.96 Å². The summed E-state index contributed by atoms with van der Waals surface area (Å²) in [6.07, 6.45) is 3.48. The SMILES string of the molecule is CCCc1cc(C)c(NC2=NCCCN2)cc1C. The van der Waals surface area contributed by atoms with E-state index in [1.54, 1.807) is 0 Å². The molecule has 0 amide bonds. The van der Waals surface area contributed by atoms with Crippen molar-refractivity contribution in [2.75, 3.05) is 18.4 Å². The Balaban J connectivity index is 2.18. The molecular formula is C15H23N3. The highest BCUT2D eigenvalue weighted by atomic mass is 15.2. The van der Waals surface area contributed by atoms with Crippen LogP contribution in [-0.4, -0.2) is 19.0 Å². The van der Waals surface area contributed by atoms with Gasteiger partial charge in [-0.25, -0.2) is 0 Å². The third-order valence-corrected chi connectivity index (χ3v) is 3.35. The van der Waals surface area contributed by atoms with Crippen LogP contribution in [0.2, 0.25) is 0 Å². The average Bonchev–Trinajstić information content (AvgIpc) is 2.37. The molecule has 0 bridgehead atoms. The molecule has 3 nitrogen and oxygen atoms in total. The van der Waals surface area contributed by atoms with Crippen molar-refractivity contribution in [2.45, 2.75) is 40.0 Å². The van der Waals surface area contributed by atoms with E-state index in [0.29, 0.717) is 0 Å². The zero-order chi connectivity index (χ0) is 13.0. The van der Waals surface area contributed by atoms with Crippen molar-refractivity contribution in [3.63, 3.8) is 0 Å². The van der Waals surface area contributed by atoms with E-state index in [9.17, 15) is 0 Å². The van der Waals surface area contributed by atoms with Crippen molar-refractivity contribution in [1.29, 1.82) is 0 Å². The van der Waals surface area contributed by atoms with Crippen molar-refractivity contribution in [1.82, 2.24) is 5.32 Å². The third kappa shape index (κ3) is 3.03. The highest BCUT2D eigenvalue weighted by molar-refractivity contribution is 5.94. The smallest absolute Gasteiger partial charge is 0.195 e. The fourth-order valence-electron chi connectivity index (χ4n) is 2.29. The van der Waals surface area contributed by atoms with Gasteiger partial charge in [-0.1, -0.05) is 19.4 Å². The molecule has 1 aromatic carbocycles. The van der Waals surface area contributed by atoms with Crippen LogP contribution in [0, 0.1) is 13.8 Å². The van der Waals surface area contributed by atoms with E-state index < -0.39 is 0 Å². The van der Waals surface area contributed by atoms with Gasteiger partial charge in [0.25, 0.3) is 0 Å². The molecule has 2 rings (SSSR count). The molecule has 0 atom stereocenters. The quantitative estimate of drug-likeness (QED) is 0.859. The summed E-state index contributed by atoms with van der Waals surface area (Å²) in [5.74, 6) is 0.909. The first kappa shape index (κ1) is 12.9. The molecule has 1 aromatic rings. The van der Waals surface area contributed by atoms with Gasteiger partial charge in [-0.15, -0.1) is 0 Å². The Kier molecular flexibility index (Phi) is 4.24. The first-order valence-electron chi connectivity index (χ1n) is 6.86. The van der Waals surface area contributed by atoms with Crippen LogP contribution in [0.3, 0.4) is 0 Å². The second-order valence-corrected chi connectivity index (χ2v) is 4.98. The number of benzene rings is 1. The number of aliphatic imine (C=N–C) groups is 1. The van der Waals surface area contributed by atoms with Crippen molar-refractivity contribution in [3.8, 4) is 0 Å². The lowest BCUT2D eigenvalue weighted by molar-refractivity contribution is 0.740. The van der Waals surface area contributed by atoms with Crippen LogP contribution < -0.4 is 10.6 Å². The molecule has 0 saturated heterocycles. The Hall–Kier alpha value is -1.51. The zero-order valence-electron chi connectivity index (χ0n) is 11.6. The Labute approximate surface area is 110 Å². The molecule has 0 radical (unpaired) electrons. The Morgan fingerprint density at radius 1 is 1.28 bits per heavy atom. The van der Waals surface area contributed by atoms with Crippen molar-refractivity contribution in [2.24, 2.45) is 4.99 Å². The predicted molar refractivity (Wildman–Crippen MR) is 78.5 cm³/mol. The van der Waals surface area contributed by atoms with Crippen LogP contribution in [0.4, 0.5) is 5.69 Å². The minimum Gasteiger partial charge on any atom is -0.356 e. The van der Waals surface area contributed by atoms with E-state index in [0.717, 1.165) is 31.9 Å². The number of hydrogen-bond acceptors (Lipinski definition) is 3. The maximum Gasteiger partial charge on any atom is 0.195 e. The largest absolute Gasteiger partial charge is 0.356 e. The van der Waals surface area contributed by atoms with Gasteiger partial charge in [0.05, 0.1) is 0 Å². The molecule has 0 unspecified atom stereocenters. The zero-order valence-corrected chi connectivity index (χ0v) is 11.6. The fourth-order valence-corrected chi connectivity index (χ4v) is 2.29. The molecule has 0 aromatic heterocycles. The van der Waals surface area contributed by atoms with Crippen molar-refractivity contribution < 1.29 is 0 Å². The van der Waals surface area contributed by atoms with Gasteiger partial charge in [0, 0.05) is 18.8 Å². The van der Waals surface area contributed by atoms with Crippen molar-refractivity contribution >= 4 is 11.6 Å². The number of nitrogens with one attached hydrogen (secondary N) is 2. The van der Waals surface area contributed by atoms with Crippen LogP contribution in [0.25, 0.3) is 0 Å². The Morgan fingerprint density at radius 2 is 2.11 bits per heavy atom. The predicted octanol–water partition coefficient (Wildman–Crippen LogP) is 3.02. The van der Waals surface area contributed by atoms with Gasteiger partial charge in [0.1, 0.15) is 0 Å². The van der Waals surface area contributed by atoms with Crippen LogP contribution in [0.5, 0.6) is 0 Å². The molecular weight excluding hydrogens is 222 g/mol. The summed E-state index contributed by atoms with van der Waals surface area (Å²) < 4.78 is 0. The Morgan fingerprint density at radius 3 is 2.78 bits per heavy atom. The van der Waals surface area contributed by atoms with E-state index in [1.807, 2.05) is 0 Å². The minimum atomic E-state index is 0.909. The number of guanidine groups is 1. The lowest BCUT2D eigenvalue weighted by Gasteiger charge is -2.18. The molecule has 3 heteroatoms. The number of aryl methyl sites for hydroxylation is 3. The number of rotatable bonds is 3. The second kappa shape index (κ2) is 5.89. The van der Waals surface area contributed by atoms with Crippen molar-refractivity contribution in [3.05, 3.63) is 28.8 Å². The molecule has 1 aliphatic rings. The summed E-state index contributed by atoms with van der Waals surface area (Å²) in [4.78, 5) is 4.45. The maximum atomic E-state index is 4.45. The standard InChI is InChI=1S/C15H23N3/c1-4-6-13-9-12(3)14(10-11(13)2)18-15-16-7-5-8-17-15/h9-10H,4-8H2,1-3H3,(H2,16,17,18). The third-order valence-electron chi connectivity index (χ3n) is 3.35. The first-order valence-corrected chi connectivity index (χ1v) is 6.86. The van der Waals surface area contributed by atoms with Gasteiger partial charge in [-0.05, 0) is 49.4 Å². The van der Waals surface area contributed by atoms with Gasteiger partial charge < -0.3 is 10.6 Å². The average molecular weight is 245 g/mol. The summed E-state index contributed by atoms with van der Waals surface area (Å²) in [7, 11) is 0. The van der Waals surface area contributed by atoms with Crippen LogP contribution in [0.1, 0.15) is 36.5 Å². The van der Waals surface area contributed by atoms with Gasteiger partial charge in [-0.3, -0.25) is 4.99 Å². The highest BCUT2D eigenvalue weighted by Crippen LogP contribution is 2.21. The molecule has 98 valence electrons. The van der Waals surface area contributed by atoms with E-state index in [2.05, 4.69) is 48.5 Å². The summed E-state index contributed by atoms with van der Waals surface area (Å²) in [5, 5.41) is 6.69. The molecule has 18 heavy (non-hydrogen) atoms. The molecule has 1 aliphatic heterocycles. The van der Waals surface area contributed by atoms with Crippen LogP contribution >= 0.6 is 0 Å². The summed E-state index contributed by atoms with van der Waals surface area (Å²) in [6, 6.07) is 4.53. The lowest BCUT2D eigenvalue weighted by Crippen LogP contribution is -2.35. The van der Waals surface area contributed by atoms with Gasteiger partial charge in [0.2, 0.25) is 0 Å². The number of nitrogens with zero attached hydrogens (tertiary/aromatic N) is 1. The van der Waals surface area contributed by atoms with E-state index in [-0.39, 0.29) is 0 Å². The first-order chi connectivity index (χ1) is 8.70. The Bertz CT molecular complexity index is 449. The summed E-state index contributed by atoms with van der Waals surface area (Å²) in [6.45, 7) is 8.50. The molecule has 0 fully saturated rings. The molecule has 2 N–H and O–H groups in total. The summed E-state index contributed by atoms with van der Waals surface area (Å²) >= 11 is 0.